The largest absolute Gasteiger partial charge is 0.504 e. The molecule has 1 aromatic rings. The van der Waals surface area contributed by atoms with Crippen molar-refractivity contribution in [1.82, 2.24) is 0 Å². The highest BCUT2D eigenvalue weighted by Crippen LogP contribution is 2.49. The van der Waals surface area contributed by atoms with Gasteiger partial charge in [0.1, 0.15) is 0 Å². The summed E-state index contributed by atoms with van der Waals surface area (Å²) in [4.78, 5) is 0. The Morgan fingerprint density at radius 2 is 1.82 bits per heavy atom. The predicted molar refractivity (Wildman–Crippen MR) is 69.7 cm³/mol. The summed E-state index contributed by atoms with van der Waals surface area (Å²) in [5.74, 6) is 1.51. The molecule has 2 nitrogen and oxygen atoms in total. The average molecular weight is 234 g/mol. The van der Waals surface area contributed by atoms with Crippen molar-refractivity contribution in [2.75, 3.05) is 0 Å². The minimum Gasteiger partial charge on any atom is -0.504 e. The second-order valence-corrected chi connectivity index (χ2v) is 5.72. The Kier molecular flexibility index (Phi) is 3.07. The number of rotatable bonds is 1. The van der Waals surface area contributed by atoms with E-state index in [1.54, 1.807) is 0 Å². The van der Waals surface area contributed by atoms with Crippen LogP contribution in [0.4, 0.5) is 0 Å². The van der Waals surface area contributed by atoms with Gasteiger partial charge in [0, 0.05) is 5.56 Å². The predicted octanol–water partition coefficient (Wildman–Crippen LogP) is 4.04. The van der Waals surface area contributed by atoms with Crippen LogP contribution in [0.15, 0.2) is 6.07 Å². The molecule has 1 aliphatic rings. The molecular formula is C15H22O2. The van der Waals surface area contributed by atoms with E-state index >= 15 is 0 Å². The molecule has 1 aromatic carbocycles. The normalized spacial score (nSPS) is 23.8. The molecule has 0 bridgehead atoms. The maximum Gasteiger partial charge on any atom is 0.161 e. The van der Waals surface area contributed by atoms with Crippen LogP contribution in [0.2, 0.25) is 0 Å². The fourth-order valence-electron chi connectivity index (χ4n) is 3.02. The third-order valence-electron chi connectivity index (χ3n) is 4.15. The van der Waals surface area contributed by atoms with E-state index in [4.69, 9.17) is 0 Å². The van der Waals surface area contributed by atoms with Crippen molar-refractivity contribution in [2.24, 2.45) is 5.92 Å². The molecule has 0 aromatic heterocycles. The zero-order chi connectivity index (χ0) is 12.7. The molecule has 0 spiro atoms. The first-order chi connectivity index (χ1) is 7.93. The van der Waals surface area contributed by atoms with Gasteiger partial charge in [-0.3, -0.25) is 0 Å². The molecule has 1 aliphatic carbocycles. The Hall–Kier alpha value is -1.18. The van der Waals surface area contributed by atoms with E-state index in [0.29, 0.717) is 17.8 Å². The minimum atomic E-state index is 0.0588. The van der Waals surface area contributed by atoms with Crippen molar-refractivity contribution in [3.63, 3.8) is 0 Å². The second-order valence-electron chi connectivity index (χ2n) is 5.72. The summed E-state index contributed by atoms with van der Waals surface area (Å²) in [6.07, 6.45) is 2.27. The summed E-state index contributed by atoms with van der Waals surface area (Å²) in [7, 11) is 0. The van der Waals surface area contributed by atoms with Gasteiger partial charge in [0.15, 0.2) is 11.5 Å². The standard InChI is InChI=1S/C15H22O2/c1-8(2)11-6-5-9(3)12-7-10(4)14(16)15(17)13(11)12/h7-9,11,16-17H,5-6H2,1-4H3/t9-,11+/m0/s1. The molecule has 0 saturated heterocycles. The number of phenols is 2. The van der Waals surface area contributed by atoms with E-state index in [2.05, 4.69) is 20.8 Å². The second kappa shape index (κ2) is 4.25. The lowest BCUT2D eigenvalue weighted by Crippen LogP contribution is -2.17. The van der Waals surface area contributed by atoms with Gasteiger partial charge in [0.05, 0.1) is 0 Å². The molecule has 0 heterocycles. The lowest BCUT2D eigenvalue weighted by Gasteiger charge is -2.33. The third kappa shape index (κ3) is 1.90. The van der Waals surface area contributed by atoms with Crippen molar-refractivity contribution < 1.29 is 10.2 Å². The number of hydrogen-bond donors (Lipinski definition) is 2. The van der Waals surface area contributed by atoms with Gasteiger partial charge in [-0.05, 0) is 48.6 Å². The van der Waals surface area contributed by atoms with Crippen molar-refractivity contribution in [3.8, 4) is 11.5 Å². The molecule has 0 saturated carbocycles. The molecule has 2 heteroatoms. The molecule has 0 fully saturated rings. The van der Waals surface area contributed by atoms with Crippen LogP contribution in [-0.2, 0) is 0 Å². The van der Waals surface area contributed by atoms with E-state index in [1.165, 1.54) is 12.0 Å². The summed E-state index contributed by atoms with van der Waals surface area (Å²) in [6.45, 7) is 8.41. The first-order valence-corrected chi connectivity index (χ1v) is 6.48. The summed E-state index contributed by atoms with van der Waals surface area (Å²) in [6, 6.07) is 2.05. The van der Waals surface area contributed by atoms with E-state index < -0.39 is 0 Å². The van der Waals surface area contributed by atoms with Crippen molar-refractivity contribution in [3.05, 3.63) is 22.8 Å². The van der Waals surface area contributed by atoms with Crippen LogP contribution in [0, 0.1) is 12.8 Å². The van der Waals surface area contributed by atoms with E-state index in [1.807, 2.05) is 13.0 Å². The maximum atomic E-state index is 10.2. The van der Waals surface area contributed by atoms with E-state index in [9.17, 15) is 10.2 Å². The van der Waals surface area contributed by atoms with Crippen molar-refractivity contribution >= 4 is 0 Å². The average Bonchev–Trinajstić information content (AvgIpc) is 2.27. The van der Waals surface area contributed by atoms with Gasteiger partial charge in [0.25, 0.3) is 0 Å². The molecule has 0 aliphatic heterocycles. The summed E-state index contributed by atoms with van der Waals surface area (Å²) >= 11 is 0. The highest BCUT2D eigenvalue weighted by atomic mass is 16.3. The molecule has 2 rings (SSSR count). The molecule has 2 atom stereocenters. The van der Waals surface area contributed by atoms with Crippen LogP contribution in [0.25, 0.3) is 0 Å². The van der Waals surface area contributed by atoms with Gasteiger partial charge in [-0.15, -0.1) is 0 Å². The Morgan fingerprint density at radius 1 is 1.18 bits per heavy atom. The summed E-state index contributed by atoms with van der Waals surface area (Å²) < 4.78 is 0. The zero-order valence-electron chi connectivity index (χ0n) is 11.1. The Labute approximate surface area is 103 Å². The highest BCUT2D eigenvalue weighted by Gasteiger charge is 2.31. The smallest absolute Gasteiger partial charge is 0.161 e. The topological polar surface area (TPSA) is 40.5 Å². The molecule has 0 radical (unpaired) electrons. The van der Waals surface area contributed by atoms with Crippen LogP contribution in [0.5, 0.6) is 11.5 Å². The molecule has 94 valence electrons. The first-order valence-electron chi connectivity index (χ1n) is 6.48. The van der Waals surface area contributed by atoms with Gasteiger partial charge >= 0.3 is 0 Å². The molecular weight excluding hydrogens is 212 g/mol. The Balaban J connectivity index is 2.64. The van der Waals surface area contributed by atoms with Crippen LogP contribution in [0.3, 0.4) is 0 Å². The minimum absolute atomic E-state index is 0.0588. The molecule has 17 heavy (non-hydrogen) atoms. The van der Waals surface area contributed by atoms with Crippen molar-refractivity contribution in [2.45, 2.75) is 52.4 Å². The van der Waals surface area contributed by atoms with Gasteiger partial charge in [-0.2, -0.15) is 0 Å². The van der Waals surface area contributed by atoms with E-state index in [-0.39, 0.29) is 11.5 Å². The lowest BCUT2D eigenvalue weighted by molar-refractivity contribution is 0.359. The van der Waals surface area contributed by atoms with Crippen LogP contribution in [-0.4, -0.2) is 10.2 Å². The molecule has 2 N–H and O–H groups in total. The summed E-state index contributed by atoms with van der Waals surface area (Å²) in [5.41, 5.74) is 2.99. The highest BCUT2D eigenvalue weighted by molar-refractivity contribution is 5.56. The number of benzene rings is 1. The molecule has 0 amide bonds. The van der Waals surface area contributed by atoms with Gasteiger partial charge in [-0.1, -0.05) is 26.8 Å². The van der Waals surface area contributed by atoms with Crippen LogP contribution in [0.1, 0.15) is 62.1 Å². The van der Waals surface area contributed by atoms with Gasteiger partial charge in [-0.25, -0.2) is 0 Å². The first kappa shape index (κ1) is 12.3. The quantitative estimate of drug-likeness (QED) is 0.720. The van der Waals surface area contributed by atoms with E-state index in [0.717, 1.165) is 17.5 Å². The Morgan fingerprint density at radius 3 is 2.41 bits per heavy atom. The number of aryl methyl sites for hydroxylation is 1. The fraction of sp³-hybridized carbons (Fsp3) is 0.600. The van der Waals surface area contributed by atoms with Crippen LogP contribution < -0.4 is 0 Å². The number of phenolic OH excluding ortho intramolecular Hbond substituents is 2. The SMILES string of the molecule is Cc1cc2c(c(O)c1O)[C@@H](C(C)C)CC[C@@H]2C. The van der Waals surface area contributed by atoms with Gasteiger partial charge in [0.2, 0.25) is 0 Å². The van der Waals surface area contributed by atoms with Crippen molar-refractivity contribution in [1.29, 1.82) is 0 Å². The monoisotopic (exact) mass is 234 g/mol. The number of fused-ring (bicyclic) bond motifs is 1. The lowest BCUT2D eigenvalue weighted by atomic mass is 9.72. The molecule has 0 unspecified atom stereocenters. The zero-order valence-corrected chi connectivity index (χ0v) is 11.1. The maximum absolute atomic E-state index is 10.2. The van der Waals surface area contributed by atoms with Crippen LogP contribution >= 0.6 is 0 Å². The number of aromatic hydroxyl groups is 2. The number of hydrogen-bond acceptors (Lipinski definition) is 2. The van der Waals surface area contributed by atoms with Gasteiger partial charge < -0.3 is 10.2 Å². The summed E-state index contributed by atoms with van der Waals surface area (Å²) in [5, 5.41) is 20.1. The Bertz CT molecular complexity index is 435. The third-order valence-corrected chi connectivity index (χ3v) is 4.15. The fourth-order valence-corrected chi connectivity index (χ4v) is 3.02.